The number of hydrogen-bond acceptors (Lipinski definition) is 4. The molecule has 2 aromatic heterocycles. The van der Waals surface area contributed by atoms with Crippen LogP contribution >= 0.6 is 0 Å². The number of benzene rings is 2. The number of aromatic nitrogens is 2. The number of nitriles is 1. The molecule has 2 aromatic carbocycles. The summed E-state index contributed by atoms with van der Waals surface area (Å²) in [4.78, 5) is 5.01. The molecule has 0 N–H and O–H groups in total. The van der Waals surface area contributed by atoms with Crippen LogP contribution in [0.1, 0.15) is 66.2 Å². The fraction of sp³-hybridized carbons (Fsp3) is 0.267. The molecule has 36 heavy (non-hydrogen) atoms. The second-order valence-electron chi connectivity index (χ2n) is 9.43. The van der Waals surface area contributed by atoms with Gasteiger partial charge in [-0.05, 0) is 67.6 Å². The van der Waals surface area contributed by atoms with Crippen molar-refractivity contribution in [3.63, 3.8) is 0 Å². The highest BCUT2D eigenvalue weighted by molar-refractivity contribution is 5.88. The third-order valence-electron chi connectivity index (χ3n) is 6.96. The van der Waals surface area contributed by atoms with Gasteiger partial charge >= 0.3 is 0 Å². The topological polar surface area (TPSA) is 59.5 Å². The summed E-state index contributed by atoms with van der Waals surface area (Å²) in [7, 11) is 0. The van der Waals surface area contributed by atoms with Gasteiger partial charge in [0.1, 0.15) is 18.2 Å². The van der Waals surface area contributed by atoms with Crippen LogP contribution in [0.25, 0.3) is 11.2 Å². The second kappa shape index (κ2) is 8.83. The van der Waals surface area contributed by atoms with E-state index < -0.39 is 0 Å². The Morgan fingerprint density at radius 1 is 1.19 bits per heavy atom. The van der Waals surface area contributed by atoms with E-state index in [1.165, 1.54) is 17.8 Å². The number of hydrogen-bond donors (Lipinski definition) is 0. The Balaban J connectivity index is 1.44. The van der Waals surface area contributed by atoms with Gasteiger partial charge in [0.05, 0.1) is 24.1 Å². The Morgan fingerprint density at radius 3 is 2.81 bits per heavy atom. The summed E-state index contributed by atoms with van der Waals surface area (Å²) in [5.41, 5.74) is 8.35. The Hall–Kier alpha value is -4.11. The lowest BCUT2D eigenvalue weighted by atomic mass is 9.89. The van der Waals surface area contributed by atoms with Crippen LogP contribution in [0.2, 0.25) is 0 Å². The van der Waals surface area contributed by atoms with E-state index in [9.17, 15) is 9.65 Å². The van der Waals surface area contributed by atoms with Gasteiger partial charge in [0, 0.05) is 41.3 Å². The lowest BCUT2D eigenvalue weighted by molar-refractivity contribution is 0.305. The average Bonchev–Trinajstić information content (AvgIpc) is 3.68. The molecule has 0 amide bonds. The number of rotatable bonds is 5. The lowest BCUT2D eigenvalue weighted by Crippen LogP contribution is -2.02. The van der Waals surface area contributed by atoms with Crippen molar-refractivity contribution in [2.45, 2.75) is 45.6 Å². The highest BCUT2D eigenvalue weighted by Crippen LogP contribution is 2.43. The van der Waals surface area contributed by atoms with Crippen molar-refractivity contribution in [3.8, 4) is 17.6 Å². The maximum atomic E-state index is 14.0. The Morgan fingerprint density at radius 2 is 2.03 bits per heavy atom. The zero-order chi connectivity index (χ0) is 24.8. The van der Waals surface area contributed by atoms with E-state index >= 15 is 0 Å². The molecule has 1 fully saturated rings. The Bertz CT molecular complexity index is 1570. The third-order valence-corrected chi connectivity index (χ3v) is 6.96. The zero-order valence-corrected chi connectivity index (χ0v) is 20.3. The summed E-state index contributed by atoms with van der Waals surface area (Å²) in [6.45, 7) is 4.67. The van der Waals surface area contributed by atoms with Crippen LogP contribution in [-0.4, -0.2) is 16.0 Å². The maximum absolute atomic E-state index is 14.0. The number of ether oxygens (including phenoxy) is 2. The minimum atomic E-state index is -0.360. The quantitative estimate of drug-likeness (QED) is 0.304. The van der Waals surface area contributed by atoms with E-state index in [1.807, 2.05) is 19.1 Å². The van der Waals surface area contributed by atoms with Crippen molar-refractivity contribution in [1.29, 1.82) is 5.26 Å². The highest BCUT2D eigenvalue weighted by Gasteiger charge is 2.31. The Labute approximate surface area is 209 Å². The normalized spacial score (nSPS) is 15.9. The molecule has 0 atom stereocenters. The van der Waals surface area contributed by atoms with Gasteiger partial charge < -0.3 is 13.9 Å². The van der Waals surface area contributed by atoms with Gasteiger partial charge in [-0.3, -0.25) is 0 Å². The highest BCUT2D eigenvalue weighted by atomic mass is 19.1. The van der Waals surface area contributed by atoms with Crippen LogP contribution in [-0.2, 0) is 13.0 Å². The molecule has 0 unspecified atom stereocenters. The van der Waals surface area contributed by atoms with Gasteiger partial charge in [0.2, 0.25) is 0 Å². The molecule has 5 nitrogen and oxygen atoms in total. The first-order chi connectivity index (χ1) is 17.6. The molecule has 1 aliphatic heterocycles. The van der Waals surface area contributed by atoms with Crippen LogP contribution < -0.4 is 9.47 Å². The first-order valence-electron chi connectivity index (χ1n) is 12.4. The van der Waals surface area contributed by atoms with Crippen molar-refractivity contribution < 1.29 is 13.9 Å². The second-order valence-corrected chi connectivity index (χ2v) is 9.43. The lowest BCUT2D eigenvalue weighted by Gasteiger charge is -2.13. The van der Waals surface area contributed by atoms with Gasteiger partial charge in [-0.15, -0.1) is 0 Å². The molecule has 180 valence electrons. The average molecular weight is 480 g/mol. The summed E-state index contributed by atoms with van der Waals surface area (Å²) in [5, 5.41) is 9.72. The summed E-state index contributed by atoms with van der Waals surface area (Å²) in [5.74, 6) is 1.39. The molecule has 6 rings (SSSR count). The zero-order valence-electron chi connectivity index (χ0n) is 20.3. The molecule has 0 radical (unpaired) electrons. The van der Waals surface area contributed by atoms with Gasteiger partial charge in [0.15, 0.2) is 11.4 Å². The fourth-order valence-electron chi connectivity index (χ4n) is 5.13. The van der Waals surface area contributed by atoms with E-state index in [4.69, 9.17) is 14.5 Å². The van der Waals surface area contributed by atoms with Crippen LogP contribution in [0.3, 0.4) is 0 Å². The number of allylic oxidation sites excluding steroid dienone is 1. The molecular weight excluding hydrogens is 453 g/mol. The van der Waals surface area contributed by atoms with Crippen molar-refractivity contribution in [3.05, 3.63) is 99.8 Å². The first-order valence-corrected chi connectivity index (χ1v) is 12.4. The monoisotopic (exact) mass is 479 g/mol. The van der Waals surface area contributed by atoms with Gasteiger partial charge in [-0.1, -0.05) is 18.2 Å². The third kappa shape index (κ3) is 3.81. The minimum Gasteiger partial charge on any atom is -0.490 e. The molecule has 1 saturated carbocycles. The van der Waals surface area contributed by atoms with Crippen molar-refractivity contribution in [2.75, 3.05) is 6.61 Å². The molecule has 0 bridgehead atoms. The van der Waals surface area contributed by atoms with Gasteiger partial charge in [-0.2, -0.15) is 5.26 Å². The molecule has 2 aliphatic rings. The summed E-state index contributed by atoms with van der Waals surface area (Å²) >= 11 is 0. The molecule has 0 spiro atoms. The van der Waals surface area contributed by atoms with Gasteiger partial charge in [-0.25, -0.2) is 9.37 Å². The predicted molar refractivity (Wildman–Crippen MR) is 136 cm³/mol. The predicted octanol–water partition coefficient (Wildman–Crippen LogP) is 6.58. The van der Waals surface area contributed by atoms with Crippen LogP contribution in [0.15, 0.2) is 60.3 Å². The van der Waals surface area contributed by atoms with E-state index in [-0.39, 0.29) is 5.82 Å². The standard InChI is InChI=1S/C30H26FN3O2/c1-3-35-26-5-4-12-34-25(29(20-7-8-20)33-30(26)34)14-19-6-10-23-21(13-19)17-36-27-15-22(31)9-11-24(27)28(23)18(2)16-32/h4-6,9-13,15,20H,3,7-8,14,17H2,1-2H3/b28-18+. The minimum absolute atomic E-state index is 0.305. The van der Waals surface area contributed by atoms with Crippen LogP contribution in [0.5, 0.6) is 11.5 Å². The fourth-order valence-corrected chi connectivity index (χ4v) is 5.13. The Kier molecular flexibility index (Phi) is 5.49. The number of pyridine rings is 1. The number of fused-ring (bicyclic) bond motifs is 3. The number of halogens is 1. The largest absolute Gasteiger partial charge is 0.490 e. The van der Waals surface area contributed by atoms with Gasteiger partial charge in [0.25, 0.3) is 0 Å². The smallest absolute Gasteiger partial charge is 0.180 e. The summed E-state index contributed by atoms with van der Waals surface area (Å²) < 4.78 is 28.0. The van der Waals surface area contributed by atoms with Crippen molar-refractivity contribution in [2.24, 2.45) is 0 Å². The number of imidazole rings is 1. The van der Waals surface area contributed by atoms with E-state index in [1.54, 1.807) is 13.0 Å². The first kappa shape index (κ1) is 22.4. The molecule has 4 aromatic rings. The van der Waals surface area contributed by atoms with Crippen molar-refractivity contribution in [1.82, 2.24) is 9.38 Å². The molecule has 6 heteroatoms. The van der Waals surface area contributed by atoms with Crippen molar-refractivity contribution >= 4 is 11.2 Å². The SMILES string of the molecule is CCOc1cccn2c(Cc3ccc4c(c3)COc3cc(F)ccc3/C4=C(\C)C#N)c(C3CC3)nc12. The van der Waals surface area contributed by atoms with E-state index in [0.717, 1.165) is 57.8 Å². The molecule has 0 saturated heterocycles. The summed E-state index contributed by atoms with van der Waals surface area (Å²) in [6.07, 6.45) is 5.10. The maximum Gasteiger partial charge on any atom is 0.180 e. The molecular formula is C30H26FN3O2. The number of nitrogens with zero attached hydrogens (tertiary/aromatic N) is 3. The summed E-state index contributed by atoms with van der Waals surface area (Å²) in [6, 6.07) is 17.1. The molecule has 3 heterocycles. The van der Waals surface area contributed by atoms with Crippen LogP contribution in [0.4, 0.5) is 4.39 Å². The van der Waals surface area contributed by atoms with E-state index in [0.29, 0.717) is 36.9 Å². The van der Waals surface area contributed by atoms with E-state index in [2.05, 4.69) is 34.9 Å². The van der Waals surface area contributed by atoms with Crippen LogP contribution in [0, 0.1) is 17.1 Å². The molecule has 1 aliphatic carbocycles.